The molecular formula is C66H59F6N9O11S3. The lowest BCUT2D eigenvalue weighted by Gasteiger charge is -2.29. The van der Waals surface area contributed by atoms with E-state index in [-0.39, 0.29) is 68.5 Å². The number of alkyl halides is 3. The second kappa shape index (κ2) is 28.0. The van der Waals surface area contributed by atoms with Crippen LogP contribution in [0, 0.1) is 55.8 Å². The zero-order valence-electron chi connectivity index (χ0n) is 52.2. The first-order valence-electron chi connectivity index (χ1n) is 28.6. The van der Waals surface area contributed by atoms with E-state index < -0.39 is 82.6 Å². The summed E-state index contributed by atoms with van der Waals surface area (Å²) in [5, 5.41) is 27.5. The highest BCUT2D eigenvalue weighted by Gasteiger charge is 2.53. The third kappa shape index (κ3) is 14.5. The maximum absolute atomic E-state index is 14.6. The van der Waals surface area contributed by atoms with E-state index in [0.717, 1.165) is 28.2 Å². The highest BCUT2D eigenvalue weighted by Crippen LogP contribution is 2.44. The van der Waals surface area contributed by atoms with Crippen molar-refractivity contribution in [3.05, 3.63) is 172 Å². The number of rotatable bonds is 16. The number of carbonyl (C=O) groups excluding carboxylic acids is 4. The van der Waals surface area contributed by atoms with Gasteiger partial charge in [0.15, 0.2) is 68.0 Å². The first-order chi connectivity index (χ1) is 44.7. The van der Waals surface area contributed by atoms with Gasteiger partial charge in [-0.25, -0.2) is 27.7 Å². The second-order valence-electron chi connectivity index (χ2n) is 23.1. The monoisotopic (exact) mass is 1360 g/mol. The van der Waals surface area contributed by atoms with Crippen molar-refractivity contribution in [2.24, 2.45) is 0 Å². The molecule has 2 atom stereocenters. The van der Waals surface area contributed by atoms with Crippen LogP contribution in [0.5, 0.6) is 17.2 Å². The number of epoxide rings is 1. The molecule has 494 valence electrons. The molecule has 4 saturated heterocycles. The Hall–Kier alpha value is -9.80. The standard InChI is InChI=1S/C22H19F4N3O4S.C22H20FN3O4S.C22H20FN3O3S/c1-21(2)19(32)28(13-4-3-12(9-27)16(7-13)22(24,25)26)20(34)29(21)14-5-6-18(17(23)8-14)33-11-15(31)10-30;1-13-10-14(6-8-17(13)24-4)25-20(28)22(2,3)26(21(25)31)15-7-9-18(16(23)11-15)30-12-19(27)29-5;1-13-9-14(5-7-18(13)24-4)25-20(27)22(2,3)26(21(25)30)15-6-8-19(17(23)10-15)29-12-16-11-28-16/h3-8,15,30-31H,10-11H2,1-2H3;6-11H,12H2,1-3,5H3;5-10,16H,11-12H2,1-3H3/t15-;;/m1../s1. The number of halogens is 6. The summed E-state index contributed by atoms with van der Waals surface area (Å²) in [6.07, 6.45) is -6.01. The number of nitriles is 1. The Morgan fingerprint density at radius 2 is 1.01 bits per heavy atom. The van der Waals surface area contributed by atoms with Gasteiger partial charge >= 0.3 is 12.1 Å². The van der Waals surface area contributed by atoms with Gasteiger partial charge in [0, 0.05) is 46.6 Å². The van der Waals surface area contributed by atoms with E-state index in [4.69, 9.17) is 79.1 Å². The van der Waals surface area contributed by atoms with Crippen LogP contribution in [0.15, 0.2) is 109 Å². The molecule has 95 heavy (non-hydrogen) atoms. The molecule has 0 spiro atoms. The van der Waals surface area contributed by atoms with Gasteiger partial charge in [-0.15, -0.1) is 0 Å². The fourth-order valence-corrected chi connectivity index (χ4v) is 11.8. The SMILES string of the molecule is CC1(C)C(=O)N(c2ccc(C#N)c(C(F)(F)F)c2)C(=S)N1c1ccc(OC[C@H](O)CO)c(F)c1.[C-]#[N+]c1ccc(N2C(=O)C(C)(C)N(c3ccc(OCC(=O)OC)c(F)c3)C2=S)cc1C.[C-]#[N+]c1ccc(N2C(=O)C(C)(C)N(c3ccc(OCC4CO4)c(F)c3)C2=S)cc1C. The van der Waals surface area contributed by atoms with Crippen LogP contribution < -0.4 is 43.6 Å². The molecule has 0 bridgehead atoms. The number of esters is 1. The first kappa shape index (κ1) is 71.1. The van der Waals surface area contributed by atoms with Gasteiger partial charge in [0.2, 0.25) is 0 Å². The number of aliphatic hydroxyl groups is 2. The van der Waals surface area contributed by atoms with Crippen molar-refractivity contribution in [3.63, 3.8) is 0 Å². The molecule has 0 radical (unpaired) electrons. The summed E-state index contributed by atoms with van der Waals surface area (Å²) in [5.74, 6) is -4.08. The molecule has 0 aromatic heterocycles. The van der Waals surface area contributed by atoms with Crippen molar-refractivity contribution >= 4 is 121 Å². The molecule has 29 heteroatoms. The number of carbonyl (C=O) groups is 4. The van der Waals surface area contributed by atoms with Gasteiger partial charge in [0.05, 0.1) is 56.4 Å². The number of methoxy groups -OCH3 is 1. The van der Waals surface area contributed by atoms with Crippen LogP contribution in [-0.2, 0) is 34.8 Å². The van der Waals surface area contributed by atoms with E-state index in [1.165, 1.54) is 84.2 Å². The number of ether oxygens (including phenoxy) is 5. The minimum absolute atomic E-state index is 0.0260. The molecule has 1 unspecified atom stereocenters. The Labute approximate surface area is 558 Å². The molecule has 20 nitrogen and oxygen atoms in total. The molecule has 10 rings (SSSR count). The smallest absolute Gasteiger partial charge is 0.417 e. The highest BCUT2D eigenvalue weighted by atomic mass is 32.1. The summed E-state index contributed by atoms with van der Waals surface area (Å²) in [7, 11) is 1.21. The van der Waals surface area contributed by atoms with E-state index in [1.54, 1.807) is 92.9 Å². The molecule has 6 aromatic carbocycles. The largest absolute Gasteiger partial charge is 0.488 e. The minimum atomic E-state index is -4.83. The zero-order valence-corrected chi connectivity index (χ0v) is 54.6. The summed E-state index contributed by atoms with van der Waals surface area (Å²) >= 11 is 16.6. The summed E-state index contributed by atoms with van der Waals surface area (Å²) in [6, 6.07) is 26.8. The Kier molecular flexibility index (Phi) is 21.0. The first-order valence-corrected chi connectivity index (χ1v) is 29.8. The molecule has 3 amide bonds. The fourth-order valence-electron chi connectivity index (χ4n) is 10.2. The van der Waals surface area contributed by atoms with Crippen LogP contribution in [0.4, 0.5) is 71.8 Å². The average molecular weight is 1360 g/mol. The van der Waals surface area contributed by atoms with Crippen molar-refractivity contribution in [3.8, 4) is 23.3 Å². The number of thiocarbonyl (C=S) groups is 3. The number of hydrogen-bond acceptors (Lipinski definition) is 15. The van der Waals surface area contributed by atoms with E-state index in [0.29, 0.717) is 53.4 Å². The predicted molar refractivity (Wildman–Crippen MR) is 352 cm³/mol. The number of anilines is 6. The lowest BCUT2D eigenvalue weighted by molar-refractivity contribution is -0.143. The van der Waals surface area contributed by atoms with Crippen LogP contribution in [0.3, 0.4) is 0 Å². The number of amides is 3. The Morgan fingerprint density at radius 3 is 1.35 bits per heavy atom. The number of benzene rings is 6. The lowest BCUT2D eigenvalue weighted by Crippen LogP contribution is -2.44. The predicted octanol–water partition coefficient (Wildman–Crippen LogP) is 11.9. The van der Waals surface area contributed by atoms with Crippen molar-refractivity contribution in [1.29, 1.82) is 5.26 Å². The van der Waals surface area contributed by atoms with Crippen molar-refractivity contribution in [2.45, 2.75) is 90.4 Å². The van der Waals surface area contributed by atoms with E-state index >= 15 is 0 Å². The number of nitrogens with zero attached hydrogens (tertiary/aromatic N) is 9. The van der Waals surface area contributed by atoms with Gasteiger partial charge in [0.1, 0.15) is 42.0 Å². The molecule has 4 aliphatic heterocycles. The zero-order chi connectivity index (χ0) is 70.0. The third-order valence-corrected chi connectivity index (χ3v) is 16.5. The maximum Gasteiger partial charge on any atom is 0.417 e. The number of aliphatic hydroxyl groups excluding tert-OH is 2. The van der Waals surface area contributed by atoms with Gasteiger partial charge in [-0.3, -0.25) is 29.1 Å². The van der Waals surface area contributed by atoms with Gasteiger partial charge in [-0.2, -0.15) is 18.4 Å². The number of hydrogen-bond donors (Lipinski definition) is 2. The molecule has 4 fully saturated rings. The Balaban J connectivity index is 0.000000183. The van der Waals surface area contributed by atoms with Crippen LogP contribution >= 0.6 is 36.7 Å². The van der Waals surface area contributed by atoms with Gasteiger partial charge in [-0.1, -0.05) is 12.1 Å². The molecule has 0 saturated carbocycles. The second-order valence-corrected chi connectivity index (χ2v) is 24.2. The van der Waals surface area contributed by atoms with E-state index in [2.05, 4.69) is 14.4 Å². The summed E-state index contributed by atoms with van der Waals surface area (Å²) in [5.41, 5.74) is -0.919. The summed E-state index contributed by atoms with van der Waals surface area (Å²) in [6.45, 7) is 27.4. The summed E-state index contributed by atoms with van der Waals surface area (Å²) < 4.78 is 109. The summed E-state index contributed by atoms with van der Waals surface area (Å²) in [4.78, 5) is 66.0. The molecule has 0 aliphatic carbocycles. The normalized spacial score (nSPS) is 17.1. The van der Waals surface area contributed by atoms with E-state index in [1.807, 2.05) is 6.92 Å². The van der Waals surface area contributed by atoms with Crippen molar-refractivity contribution < 1.29 is 79.4 Å². The topological polar surface area (TPSA) is 210 Å². The Bertz CT molecular complexity index is 4240. The maximum atomic E-state index is 14.6. The van der Waals surface area contributed by atoms with Crippen LogP contribution in [0.2, 0.25) is 0 Å². The number of aryl methyl sites for hydroxylation is 2. The highest BCUT2D eigenvalue weighted by molar-refractivity contribution is 7.81. The van der Waals surface area contributed by atoms with E-state index in [9.17, 15) is 50.6 Å². The molecule has 4 heterocycles. The quantitative estimate of drug-likeness (QED) is 0.0303. The van der Waals surface area contributed by atoms with Gasteiger partial charge in [0.25, 0.3) is 17.7 Å². The van der Waals surface area contributed by atoms with Crippen LogP contribution in [-0.4, -0.2) is 118 Å². The van der Waals surface area contributed by atoms with Gasteiger partial charge in [-0.05, 0) is 182 Å². The van der Waals surface area contributed by atoms with Crippen LogP contribution in [0.1, 0.15) is 63.8 Å². The average Bonchev–Trinajstić information content (AvgIpc) is 1.61. The fraction of sp³-hybridized carbons (Fsp3) is 0.303. The van der Waals surface area contributed by atoms with Crippen molar-refractivity contribution in [1.82, 2.24) is 0 Å². The minimum Gasteiger partial charge on any atom is -0.488 e. The van der Waals surface area contributed by atoms with Gasteiger partial charge < -0.3 is 48.6 Å². The lowest BCUT2D eigenvalue weighted by atomic mass is 10.0. The third-order valence-electron chi connectivity index (χ3n) is 15.4. The molecule has 4 aliphatic rings. The molecular weight excluding hydrogens is 1300 g/mol. The van der Waals surface area contributed by atoms with Crippen molar-refractivity contribution in [2.75, 3.05) is 69.5 Å². The Morgan fingerprint density at radius 1 is 0.642 bits per heavy atom. The van der Waals surface area contributed by atoms with Crippen LogP contribution in [0.25, 0.3) is 9.69 Å². The molecule has 6 aromatic rings. The molecule has 2 N–H and O–H groups in total.